The molecular formula is C16H32O2. The van der Waals surface area contributed by atoms with Gasteiger partial charge in [0.1, 0.15) is 0 Å². The maximum atomic E-state index is 10.3. The quantitative estimate of drug-likeness (QED) is 0.567. The molecule has 0 spiro atoms. The van der Waals surface area contributed by atoms with E-state index in [2.05, 4.69) is 18.6 Å². The molecule has 18 heavy (non-hydrogen) atoms. The van der Waals surface area contributed by atoms with Gasteiger partial charge in [-0.2, -0.15) is 0 Å². The molecule has 0 unspecified atom stereocenters. The normalized spacial score (nSPS) is 21.3. The summed E-state index contributed by atoms with van der Waals surface area (Å²) in [5.41, 5.74) is -0.282. The van der Waals surface area contributed by atoms with Crippen LogP contribution in [0.25, 0.3) is 0 Å². The SMILES string of the molecule is C1CO1.CC(C)CCCCCC1(O)CCCCC1. The molecule has 2 aliphatic rings. The highest BCUT2D eigenvalue weighted by Gasteiger charge is 2.27. The first-order valence-corrected chi connectivity index (χ1v) is 7.92. The number of rotatable bonds is 6. The lowest BCUT2D eigenvalue weighted by Gasteiger charge is -2.32. The Hall–Kier alpha value is -0.0800. The molecule has 1 aliphatic heterocycles. The molecule has 0 aromatic rings. The fraction of sp³-hybridized carbons (Fsp3) is 1.00. The van der Waals surface area contributed by atoms with Crippen molar-refractivity contribution in [2.45, 2.75) is 83.7 Å². The van der Waals surface area contributed by atoms with Crippen molar-refractivity contribution in [1.82, 2.24) is 0 Å². The average molecular weight is 256 g/mol. The van der Waals surface area contributed by atoms with Crippen LogP contribution in [0.3, 0.4) is 0 Å². The van der Waals surface area contributed by atoms with Crippen LogP contribution >= 0.6 is 0 Å². The predicted molar refractivity (Wildman–Crippen MR) is 76.8 cm³/mol. The number of ether oxygens (including phenoxy) is 1. The van der Waals surface area contributed by atoms with Gasteiger partial charge in [0.15, 0.2) is 0 Å². The summed E-state index contributed by atoms with van der Waals surface area (Å²) in [6.45, 7) is 6.57. The van der Waals surface area contributed by atoms with Crippen LogP contribution in [0.2, 0.25) is 0 Å². The van der Waals surface area contributed by atoms with Gasteiger partial charge in [0.2, 0.25) is 0 Å². The molecule has 0 aromatic heterocycles. The molecular weight excluding hydrogens is 224 g/mol. The van der Waals surface area contributed by atoms with Crippen molar-refractivity contribution in [3.63, 3.8) is 0 Å². The van der Waals surface area contributed by atoms with Gasteiger partial charge in [-0.1, -0.05) is 58.8 Å². The lowest BCUT2D eigenvalue weighted by atomic mass is 9.81. The lowest BCUT2D eigenvalue weighted by Crippen LogP contribution is -2.30. The molecule has 2 fully saturated rings. The van der Waals surface area contributed by atoms with Crippen LogP contribution in [-0.4, -0.2) is 23.9 Å². The van der Waals surface area contributed by atoms with Crippen molar-refractivity contribution in [3.8, 4) is 0 Å². The number of aliphatic hydroxyl groups is 1. The molecule has 1 saturated heterocycles. The van der Waals surface area contributed by atoms with Crippen molar-refractivity contribution in [1.29, 1.82) is 0 Å². The Kier molecular flexibility index (Phi) is 7.92. The van der Waals surface area contributed by atoms with Crippen molar-refractivity contribution in [2.24, 2.45) is 5.92 Å². The van der Waals surface area contributed by atoms with Crippen LogP contribution in [-0.2, 0) is 4.74 Å². The minimum Gasteiger partial charge on any atom is -0.390 e. The van der Waals surface area contributed by atoms with Gasteiger partial charge < -0.3 is 9.84 Å². The molecule has 0 radical (unpaired) electrons. The van der Waals surface area contributed by atoms with Gasteiger partial charge in [0, 0.05) is 0 Å². The van der Waals surface area contributed by atoms with E-state index >= 15 is 0 Å². The fourth-order valence-electron chi connectivity index (χ4n) is 2.64. The molecule has 2 heteroatoms. The largest absolute Gasteiger partial charge is 0.390 e. The highest BCUT2D eigenvalue weighted by molar-refractivity contribution is 4.81. The van der Waals surface area contributed by atoms with E-state index in [9.17, 15) is 5.11 Å². The van der Waals surface area contributed by atoms with Crippen LogP contribution in [0.5, 0.6) is 0 Å². The highest BCUT2D eigenvalue weighted by Crippen LogP contribution is 2.32. The Morgan fingerprint density at radius 3 is 2.11 bits per heavy atom. The monoisotopic (exact) mass is 256 g/mol. The molecule has 2 nitrogen and oxygen atoms in total. The van der Waals surface area contributed by atoms with Crippen LogP contribution < -0.4 is 0 Å². The Morgan fingerprint density at radius 1 is 1.00 bits per heavy atom. The van der Waals surface area contributed by atoms with Crippen molar-refractivity contribution in [3.05, 3.63) is 0 Å². The third-order valence-electron chi connectivity index (χ3n) is 3.91. The number of unbranched alkanes of at least 4 members (excludes halogenated alkanes) is 2. The summed E-state index contributed by atoms with van der Waals surface area (Å²) in [6.07, 6.45) is 12.2. The van der Waals surface area contributed by atoms with E-state index in [1.165, 1.54) is 44.9 Å². The van der Waals surface area contributed by atoms with Crippen molar-refractivity contribution >= 4 is 0 Å². The maximum absolute atomic E-state index is 10.3. The smallest absolute Gasteiger partial charge is 0.0701 e. The van der Waals surface area contributed by atoms with E-state index in [1.54, 1.807) is 0 Å². The van der Waals surface area contributed by atoms with E-state index in [4.69, 9.17) is 0 Å². The van der Waals surface area contributed by atoms with Crippen LogP contribution in [0.15, 0.2) is 0 Å². The standard InChI is InChI=1S/C14H28O.C2H4O/c1-13(2)9-5-3-6-10-14(15)11-7-4-8-12-14;1-2-3-1/h13,15H,3-12H2,1-2H3;1-2H2. The first kappa shape index (κ1) is 16.0. The second-order valence-corrected chi connectivity index (χ2v) is 6.39. The summed E-state index contributed by atoms with van der Waals surface area (Å²) in [6, 6.07) is 0. The van der Waals surface area contributed by atoms with Crippen molar-refractivity contribution in [2.75, 3.05) is 13.2 Å². The Bertz CT molecular complexity index is 191. The molecule has 1 N–H and O–H groups in total. The molecule has 0 bridgehead atoms. The van der Waals surface area contributed by atoms with E-state index < -0.39 is 0 Å². The Labute approximate surface area is 113 Å². The molecule has 1 heterocycles. The van der Waals surface area contributed by atoms with Crippen LogP contribution in [0.1, 0.15) is 78.1 Å². The predicted octanol–water partition coefficient (Wildman–Crippen LogP) is 4.30. The zero-order chi connectivity index (χ0) is 13.3. The van der Waals surface area contributed by atoms with Gasteiger partial charge in [-0.15, -0.1) is 0 Å². The number of epoxide rings is 1. The summed E-state index contributed by atoms with van der Waals surface area (Å²) >= 11 is 0. The Morgan fingerprint density at radius 2 is 1.61 bits per heavy atom. The molecule has 1 saturated carbocycles. The summed E-state index contributed by atoms with van der Waals surface area (Å²) in [5, 5.41) is 10.3. The summed E-state index contributed by atoms with van der Waals surface area (Å²) in [7, 11) is 0. The summed E-state index contributed by atoms with van der Waals surface area (Å²) in [5.74, 6) is 0.836. The van der Waals surface area contributed by atoms with Gasteiger partial charge in [-0.3, -0.25) is 0 Å². The van der Waals surface area contributed by atoms with Gasteiger partial charge >= 0.3 is 0 Å². The Balaban J connectivity index is 0.000000468. The average Bonchev–Trinajstić information content (AvgIpc) is 3.16. The minimum atomic E-state index is -0.282. The first-order valence-electron chi connectivity index (χ1n) is 7.92. The van der Waals surface area contributed by atoms with E-state index in [1.807, 2.05) is 0 Å². The highest BCUT2D eigenvalue weighted by atomic mass is 16.6. The third-order valence-corrected chi connectivity index (χ3v) is 3.91. The van der Waals surface area contributed by atoms with Gasteiger partial charge in [-0.25, -0.2) is 0 Å². The zero-order valence-corrected chi connectivity index (χ0v) is 12.4. The summed E-state index contributed by atoms with van der Waals surface area (Å²) < 4.78 is 4.50. The van der Waals surface area contributed by atoms with Crippen LogP contribution in [0, 0.1) is 5.92 Å². The third kappa shape index (κ3) is 8.93. The van der Waals surface area contributed by atoms with Gasteiger partial charge in [0.25, 0.3) is 0 Å². The van der Waals surface area contributed by atoms with Crippen LogP contribution in [0.4, 0.5) is 0 Å². The number of hydrogen-bond acceptors (Lipinski definition) is 2. The first-order chi connectivity index (χ1) is 8.62. The number of hydrogen-bond donors (Lipinski definition) is 1. The van der Waals surface area contributed by atoms with E-state index in [-0.39, 0.29) is 5.60 Å². The molecule has 0 atom stereocenters. The lowest BCUT2D eigenvalue weighted by molar-refractivity contribution is -0.00590. The molecule has 0 aromatic carbocycles. The zero-order valence-electron chi connectivity index (χ0n) is 12.4. The second kappa shape index (κ2) is 8.92. The second-order valence-electron chi connectivity index (χ2n) is 6.39. The summed E-state index contributed by atoms with van der Waals surface area (Å²) in [4.78, 5) is 0. The van der Waals surface area contributed by atoms with Crippen molar-refractivity contribution < 1.29 is 9.84 Å². The fourth-order valence-corrected chi connectivity index (χ4v) is 2.64. The van der Waals surface area contributed by atoms with Gasteiger partial charge in [0.05, 0.1) is 18.8 Å². The topological polar surface area (TPSA) is 32.8 Å². The maximum Gasteiger partial charge on any atom is 0.0701 e. The minimum absolute atomic E-state index is 0.282. The molecule has 108 valence electrons. The molecule has 2 rings (SSSR count). The molecule has 0 amide bonds. The van der Waals surface area contributed by atoms with E-state index in [0.29, 0.717) is 0 Å². The molecule has 1 aliphatic carbocycles. The van der Waals surface area contributed by atoms with E-state index in [0.717, 1.165) is 38.4 Å². The van der Waals surface area contributed by atoms with Gasteiger partial charge in [-0.05, 0) is 25.2 Å².